The molecule has 0 aliphatic carbocycles. The molecule has 1 aliphatic heterocycles. The van der Waals surface area contributed by atoms with Crippen molar-refractivity contribution in [2.45, 2.75) is 20.0 Å². The Bertz CT molecular complexity index is 704. The van der Waals surface area contributed by atoms with E-state index in [0.29, 0.717) is 0 Å². The number of hydrogen-bond acceptors (Lipinski definition) is 4. The van der Waals surface area contributed by atoms with Crippen molar-refractivity contribution < 1.29 is 0 Å². The number of hydrogen-bond donors (Lipinski definition) is 0. The lowest BCUT2D eigenvalue weighted by Crippen LogP contribution is -2.47. The summed E-state index contributed by atoms with van der Waals surface area (Å²) in [6, 6.07) is 8.09. The SMILES string of the molecule is Cc1csc(=O)n1CCN1CCN(Cc2cccc(Cl)c2)CC1. The summed E-state index contributed by atoms with van der Waals surface area (Å²) in [6.45, 7) is 8.92. The molecule has 1 aromatic heterocycles. The maximum atomic E-state index is 11.7. The third kappa shape index (κ3) is 4.44. The van der Waals surface area contributed by atoms with E-state index in [1.54, 1.807) is 0 Å². The summed E-state index contributed by atoms with van der Waals surface area (Å²) in [6.07, 6.45) is 0. The van der Waals surface area contributed by atoms with Crippen LogP contribution in [-0.2, 0) is 13.1 Å². The highest BCUT2D eigenvalue weighted by atomic mass is 35.5. The molecule has 0 saturated carbocycles. The smallest absolute Gasteiger partial charge is 0.302 e. The Kier molecular flexibility index (Phi) is 5.54. The van der Waals surface area contributed by atoms with Gasteiger partial charge in [0.25, 0.3) is 0 Å². The summed E-state index contributed by atoms with van der Waals surface area (Å²) < 4.78 is 1.88. The molecule has 0 atom stereocenters. The number of thiazole rings is 1. The molecule has 0 bridgehead atoms. The van der Waals surface area contributed by atoms with Gasteiger partial charge < -0.3 is 4.57 Å². The average Bonchev–Trinajstić information content (AvgIpc) is 2.85. The summed E-state index contributed by atoms with van der Waals surface area (Å²) in [5, 5.41) is 2.74. The maximum Gasteiger partial charge on any atom is 0.307 e. The molecule has 124 valence electrons. The lowest BCUT2D eigenvalue weighted by atomic mass is 10.2. The van der Waals surface area contributed by atoms with Crippen LogP contribution in [0.5, 0.6) is 0 Å². The number of aryl methyl sites for hydroxylation is 1. The van der Waals surface area contributed by atoms with Gasteiger partial charge in [-0.05, 0) is 24.6 Å². The van der Waals surface area contributed by atoms with E-state index in [4.69, 9.17) is 11.6 Å². The molecule has 2 heterocycles. The Morgan fingerprint density at radius 3 is 2.52 bits per heavy atom. The van der Waals surface area contributed by atoms with E-state index < -0.39 is 0 Å². The van der Waals surface area contributed by atoms with Crippen LogP contribution in [0, 0.1) is 6.92 Å². The van der Waals surface area contributed by atoms with Gasteiger partial charge in [-0.1, -0.05) is 35.1 Å². The zero-order valence-electron chi connectivity index (χ0n) is 13.4. The Morgan fingerprint density at radius 1 is 1.13 bits per heavy atom. The van der Waals surface area contributed by atoms with Gasteiger partial charge in [0.1, 0.15) is 0 Å². The molecule has 0 unspecified atom stereocenters. The van der Waals surface area contributed by atoms with E-state index in [-0.39, 0.29) is 4.87 Å². The first-order valence-electron chi connectivity index (χ1n) is 7.96. The molecule has 1 aliphatic rings. The van der Waals surface area contributed by atoms with Crippen LogP contribution in [0.2, 0.25) is 5.02 Å². The number of halogens is 1. The second kappa shape index (κ2) is 7.62. The van der Waals surface area contributed by atoms with Crippen LogP contribution in [-0.4, -0.2) is 47.1 Å². The van der Waals surface area contributed by atoms with Gasteiger partial charge in [-0.15, -0.1) is 0 Å². The summed E-state index contributed by atoms with van der Waals surface area (Å²) in [4.78, 5) is 16.8. The van der Waals surface area contributed by atoms with Crippen LogP contribution in [0.1, 0.15) is 11.3 Å². The summed E-state index contributed by atoms with van der Waals surface area (Å²) in [5.74, 6) is 0. The van der Waals surface area contributed by atoms with Crippen molar-refractivity contribution in [2.24, 2.45) is 0 Å². The van der Waals surface area contributed by atoms with Gasteiger partial charge in [-0.2, -0.15) is 0 Å². The lowest BCUT2D eigenvalue weighted by Gasteiger charge is -2.34. The number of nitrogens with zero attached hydrogens (tertiary/aromatic N) is 3. The molecule has 23 heavy (non-hydrogen) atoms. The molecule has 0 radical (unpaired) electrons. The van der Waals surface area contributed by atoms with E-state index in [9.17, 15) is 4.79 Å². The monoisotopic (exact) mass is 351 g/mol. The van der Waals surface area contributed by atoms with Gasteiger partial charge >= 0.3 is 4.87 Å². The number of piperazine rings is 1. The third-order valence-corrected chi connectivity index (χ3v) is 5.49. The Labute approximate surface area is 145 Å². The fourth-order valence-electron chi connectivity index (χ4n) is 2.98. The van der Waals surface area contributed by atoms with Crippen molar-refractivity contribution in [1.82, 2.24) is 14.4 Å². The van der Waals surface area contributed by atoms with Crippen molar-refractivity contribution in [3.05, 3.63) is 55.6 Å². The van der Waals surface area contributed by atoms with Crippen molar-refractivity contribution in [3.8, 4) is 0 Å². The summed E-state index contributed by atoms with van der Waals surface area (Å²) >= 11 is 7.34. The standard InChI is InChI=1S/C17H22ClN3OS/c1-14-13-23-17(22)21(14)10-9-19-5-7-20(8-6-19)12-15-3-2-4-16(18)11-15/h2-4,11,13H,5-10,12H2,1H3. The van der Waals surface area contributed by atoms with Gasteiger partial charge in [0.15, 0.2) is 0 Å². The molecule has 0 amide bonds. The van der Waals surface area contributed by atoms with Gasteiger partial charge in [-0.3, -0.25) is 14.6 Å². The minimum Gasteiger partial charge on any atom is -0.302 e. The Balaban J connectivity index is 1.46. The molecule has 0 N–H and O–H groups in total. The summed E-state index contributed by atoms with van der Waals surface area (Å²) in [7, 11) is 0. The maximum absolute atomic E-state index is 11.7. The molecule has 1 aromatic carbocycles. The van der Waals surface area contributed by atoms with Crippen LogP contribution in [0.3, 0.4) is 0 Å². The molecule has 6 heteroatoms. The fraction of sp³-hybridized carbons (Fsp3) is 0.471. The average molecular weight is 352 g/mol. The zero-order valence-corrected chi connectivity index (χ0v) is 14.9. The predicted molar refractivity (Wildman–Crippen MR) is 96.5 cm³/mol. The quantitative estimate of drug-likeness (QED) is 0.829. The second-order valence-corrected chi connectivity index (χ2v) is 7.30. The highest BCUT2D eigenvalue weighted by Crippen LogP contribution is 2.14. The van der Waals surface area contributed by atoms with E-state index in [1.807, 2.05) is 35.1 Å². The van der Waals surface area contributed by atoms with Crippen molar-refractivity contribution in [2.75, 3.05) is 32.7 Å². The number of aromatic nitrogens is 1. The molecule has 4 nitrogen and oxygen atoms in total. The van der Waals surface area contributed by atoms with E-state index in [2.05, 4.69) is 15.9 Å². The van der Waals surface area contributed by atoms with Gasteiger partial charge in [-0.25, -0.2) is 0 Å². The van der Waals surface area contributed by atoms with Crippen molar-refractivity contribution >= 4 is 22.9 Å². The van der Waals surface area contributed by atoms with Gasteiger partial charge in [0.2, 0.25) is 0 Å². The predicted octanol–water partition coefficient (Wildman–Crippen LogP) is 2.69. The lowest BCUT2D eigenvalue weighted by molar-refractivity contribution is 0.124. The Hall–Kier alpha value is -1.14. The highest BCUT2D eigenvalue weighted by molar-refractivity contribution is 7.07. The van der Waals surface area contributed by atoms with Crippen LogP contribution < -0.4 is 4.87 Å². The molecule has 3 rings (SSSR count). The molecular weight excluding hydrogens is 330 g/mol. The first-order valence-corrected chi connectivity index (χ1v) is 9.21. The minimum absolute atomic E-state index is 0.155. The van der Waals surface area contributed by atoms with Crippen LogP contribution >= 0.6 is 22.9 Å². The first kappa shape index (κ1) is 16.7. The Morgan fingerprint density at radius 2 is 1.87 bits per heavy atom. The topological polar surface area (TPSA) is 28.5 Å². The molecular formula is C17H22ClN3OS. The van der Waals surface area contributed by atoms with Gasteiger partial charge in [0.05, 0.1) is 0 Å². The fourth-order valence-corrected chi connectivity index (χ4v) is 3.95. The van der Waals surface area contributed by atoms with Crippen molar-refractivity contribution in [1.29, 1.82) is 0 Å². The minimum atomic E-state index is 0.155. The van der Waals surface area contributed by atoms with E-state index in [0.717, 1.165) is 56.5 Å². The number of rotatable bonds is 5. The molecule has 1 fully saturated rings. The van der Waals surface area contributed by atoms with Crippen LogP contribution in [0.4, 0.5) is 0 Å². The first-order chi connectivity index (χ1) is 11.1. The number of benzene rings is 1. The highest BCUT2D eigenvalue weighted by Gasteiger charge is 2.17. The zero-order chi connectivity index (χ0) is 16.2. The van der Waals surface area contributed by atoms with E-state index >= 15 is 0 Å². The largest absolute Gasteiger partial charge is 0.307 e. The van der Waals surface area contributed by atoms with Crippen molar-refractivity contribution in [3.63, 3.8) is 0 Å². The van der Waals surface area contributed by atoms with Gasteiger partial charge in [0, 0.05) is 61.9 Å². The molecule has 0 spiro atoms. The van der Waals surface area contributed by atoms with E-state index in [1.165, 1.54) is 16.9 Å². The molecule has 2 aromatic rings. The summed E-state index contributed by atoms with van der Waals surface area (Å²) in [5.41, 5.74) is 2.34. The normalized spacial score (nSPS) is 16.8. The van der Waals surface area contributed by atoms with Crippen LogP contribution in [0.15, 0.2) is 34.4 Å². The second-order valence-electron chi connectivity index (χ2n) is 6.04. The van der Waals surface area contributed by atoms with Crippen LogP contribution in [0.25, 0.3) is 0 Å². The molecule has 1 saturated heterocycles. The third-order valence-electron chi connectivity index (χ3n) is 4.38.